The van der Waals surface area contributed by atoms with Crippen molar-refractivity contribution >= 4 is 11.6 Å². The molecule has 1 aliphatic rings. The molecule has 76 valence electrons. The van der Waals surface area contributed by atoms with Gasteiger partial charge in [0.05, 0.1) is 12.7 Å². The second-order valence-electron chi connectivity index (χ2n) is 3.71. The molecule has 0 bridgehead atoms. The van der Waals surface area contributed by atoms with Crippen LogP contribution in [-0.2, 0) is 11.2 Å². The van der Waals surface area contributed by atoms with E-state index in [1.807, 2.05) is 19.1 Å². The van der Waals surface area contributed by atoms with Crippen molar-refractivity contribution in [3.05, 3.63) is 34.3 Å². The maximum atomic E-state index is 6.15. The van der Waals surface area contributed by atoms with E-state index in [-0.39, 0.29) is 12.1 Å². The summed E-state index contributed by atoms with van der Waals surface area (Å²) in [7, 11) is 0. The van der Waals surface area contributed by atoms with E-state index < -0.39 is 0 Å². The third-order valence-electron chi connectivity index (χ3n) is 2.57. The van der Waals surface area contributed by atoms with Crippen LogP contribution in [0.3, 0.4) is 0 Å². The molecule has 1 aromatic carbocycles. The molecule has 0 radical (unpaired) electrons. The number of hydrogen-bond donors (Lipinski definition) is 1. The van der Waals surface area contributed by atoms with Crippen LogP contribution in [0.25, 0.3) is 0 Å². The quantitative estimate of drug-likeness (QED) is 0.774. The van der Waals surface area contributed by atoms with Gasteiger partial charge in [0.1, 0.15) is 0 Å². The number of benzene rings is 1. The van der Waals surface area contributed by atoms with Gasteiger partial charge in [0.25, 0.3) is 0 Å². The lowest BCUT2D eigenvalue weighted by atomic mass is 9.94. The lowest BCUT2D eigenvalue weighted by Gasteiger charge is -2.29. The molecule has 3 heteroatoms. The van der Waals surface area contributed by atoms with Crippen LogP contribution in [-0.4, -0.2) is 12.6 Å². The zero-order chi connectivity index (χ0) is 10.1. The van der Waals surface area contributed by atoms with Gasteiger partial charge < -0.3 is 10.5 Å². The van der Waals surface area contributed by atoms with E-state index in [0.29, 0.717) is 0 Å². The third kappa shape index (κ3) is 1.65. The van der Waals surface area contributed by atoms with Gasteiger partial charge >= 0.3 is 0 Å². The average molecular weight is 212 g/mol. The molecule has 2 nitrogen and oxygen atoms in total. The Kier molecular flexibility index (Phi) is 2.77. The molecular weight excluding hydrogens is 198 g/mol. The van der Waals surface area contributed by atoms with Gasteiger partial charge in [-0.25, -0.2) is 0 Å². The van der Waals surface area contributed by atoms with E-state index in [0.717, 1.165) is 23.6 Å². The van der Waals surface area contributed by atoms with Gasteiger partial charge in [-0.2, -0.15) is 0 Å². The first kappa shape index (κ1) is 9.97. The third-order valence-corrected chi connectivity index (χ3v) is 2.90. The number of rotatable bonds is 1. The molecule has 0 spiro atoms. The van der Waals surface area contributed by atoms with Crippen molar-refractivity contribution in [1.29, 1.82) is 0 Å². The van der Waals surface area contributed by atoms with E-state index in [2.05, 4.69) is 6.07 Å². The van der Waals surface area contributed by atoms with Crippen molar-refractivity contribution in [2.75, 3.05) is 6.61 Å². The first-order chi connectivity index (χ1) is 6.70. The molecule has 0 aromatic heterocycles. The normalized spacial score (nSPS) is 22.9. The van der Waals surface area contributed by atoms with Gasteiger partial charge in [-0.3, -0.25) is 0 Å². The molecule has 2 N–H and O–H groups in total. The van der Waals surface area contributed by atoms with E-state index in [1.54, 1.807) is 0 Å². The molecule has 2 atom stereocenters. The topological polar surface area (TPSA) is 35.2 Å². The molecular formula is C11H14ClNO. The Balaban J connectivity index is 2.47. The first-order valence-electron chi connectivity index (χ1n) is 4.84. The van der Waals surface area contributed by atoms with Crippen LogP contribution in [0.5, 0.6) is 0 Å². The van der Waals surface area contributed by atoms with Gasteiger partial charge in [0, 0.05) is 16.6 Å². The molecule has 0 unspecified atom stereocenters. The molecule has 1 aromatic rings. The highest BCUT2D eigenvalue weighted by Crippen LogP contribution is 2.34. The number of hydrogen-bond acceptors (Lipinski definition) is 2. The van der Waals surface area contributed by atoms with Crippen LogP contribution >= 0.6 is 11.6 Å². The molecule has 1 heterocycles. The van der Waals surface area contributed by atoms with Crippen LogP contribution in [0.1, 0.15) is 24.2 Å². The number of halogens is 1. The zero-order valence-corrected chi connectivity index (χ0v) is 8.92. The number of fused-ring (bicyclic) bond motifs is 1. The van der Waals surface area contributed by atoms with Crippen molar-refractivity contribution in [2.24, 2.45) is 5.73 Å². The Morgan fingerprint density at radius 3 is 3.07 bits per heavy atom. The summed E-state index contributed by atoms with van der Waals surface area (Å²) in [6, 6.07) is 5.95. The van der Waals surface area contributed by atoms with Gasteiger partial charge in [0.15, 0.2) is 0 Å². The molecule has 0 fully saturated rings. The molecule has 1 aliphatic heterocycles. The maximum absolute atomic E-state index is 6.15. The lowest BCUT2D eigenvalue weighted by molar-refractivity contribution is 0.0285. The molecule has 0 amide bonds. The summed E-state index contributed by atoms with van der Waals surface area (Å²) >= 11 is 6.15. The predicted octanol–water partition coefficient (Wildman–Crippen LogP) is 2.30. The van der Waals surface area contributed by atoms with Gasteiger partial charge in [-0.05, 0) is 25.0 Å². The van der Waals surface area contributed by atoms with E-state index in [1.165, 1.54) is 5.56 Å². The Morgan fingerprint density at radius 2 is 2.36 bits per heavy atom. The van der Waals surface area contributed by atoms with Crippen LogP contribution < -0.4 is 5.73 Å². The fourth-order valence-corrected chi connectivity index (χ4v) is 2.21. The van der Waals surface area contributed by atoms with Gasteiger partial charge in [-0.15, -0.1) is 0 Å². The van der Waals surface area contributed by atoms with Crippen molar-refractivity contribution < 1.29 is 4.74 Å². The Labute approximate surface area is 89.0 Å². The van der Waals surface area contributed by atoms with Crippen LogP contribution in [0.15, 0.2) is 18.2 Å². The summed E-state index contributed by atoms with van der Waals surface area (Å²) in [4.78, 5) is 0. The minimum absolute atomic E-state index is 0.0195. The highest BCUT2D eigenvalue weighted by Gasteiger charge is 2.25. The first-order valence-corrected chi connectivity index (χ1v) is 5.22. The average Bonchev–Trinajstić information content (AvgIpc) is 2.17. The van der Waals surface area contributed by atoms with Crippen molar-refractivity contribution in [2.45, 2.75) is 25.5 Å². The zero-order valence-electron chi connectivity index (χ0n) is 8.16. The van der Waals surface area contributed by atoms with Crippen molar-refractivity contribution in [1.82, 2.24) is 0 Å². The Hall–Kier alpha value is -0.570. The molecule has 14 heavy (non-hydrogen) atoms. The predicted molar refractivity (Wildman–Crippen MR) is 57.5 cm³/mol. The summed E-state index contributed by atoms with van der Waals surface area (Å²) in [5, 5.41) is 0.768. The summed E-state index contributed by atoms with van der Waals surface area (Å²) in [5.74, 6) is 0. The summed E-state index contributed by atoms with van der Waals surface area (Å²) in [6.07, 6.45) is 0.881. The van der Waals surface area contributed by atoms with E-state index in [9.17, 15) is 0 Å². The summed E-state index contributed by atoms with van der Waals surface area (Å²) < 4.78 is 5.64. The van der Waals surface area contributed by atoms with Crippen LogP contribution in [0, 0.1) is 0 Å². The monoisotopic (exact) mass is 211 g/mol. The molecule has 0 aliphatic carbocycles. The van der Waals surface area contributed by atoms with Gasteiger partial charge in [-0.1, -0.05) is 23.7 Å². The van der Waals surface area contributed by atoms with Crippen LogP contribution in [0.4, 0.5) is 0 Å². The minimum atomic E-state index is -0.0487. The van der Waals surface area contributed by atoms with E-state index in [4.69, 9.17) is 22.1 Å². The SMILES string of the molecule is C[C@H](N)[C@@H]1OCCc2cccc(Cl)c21. The molecule has 0 saturated carbocycles. The van der Waals surface area contributed by atoms with E-state index >= 15 is 0 Å². The number of nitrogens with two attached hydrogens (primary N) is 1. The summed E-state index contributed by atoms with van der Waals surface area (Å²) in [6.45, 7) is 2.68. The molecule has 2 rings (SSSR count). The fourth-order valence-electron chi connectivity index (χ4n) is 1.91. The van der Waals surface area contributed by atoms with Crippen LogP contribution in [0.2, 0.25) is 5.02 Å². The molecule has 0 saturated heterocycles. The number of ether oxygens (including phenoxy) is 1. The maximum Gasteiger partial charge on any atom is 0.0990 e. The fraction of sp³-hybridized carbons (Fsp3) is 0.455. The highest BCUT2D eigenvalue weighted by atomic mass is 35.5. The standard InChI is InChI=1S/C11H14ClNO/c1-7(13)11-10-8(5-6-14-11)3-2-4-9(10)12/h2-4,7,11H,5-6,13H2,1H3/t7-,11-/m0/s1. The van der Waals surface area contributed by atoms with Crippen molar-refractivity contribution in [3.8, 4) is 0 Å². The highest BCUT2D eigenvalue weighted by molar-refractivity contribution is 6.31. The largest absolute Gasteiger partial charge is 0.372 e. The van der Waals surface area contributed by atoms with Gasteiger partial charge in [0.2, 0.25) is 0 Å². The summed E-state index contributed by atoms with van der Waals surface area (Å²) in [5.41, 5.74) is 8.22. The lowest BCUT2D eigenvalue weighted by Crippen LogP contribution is -2.31. The Bertz CT molecular complexity index is 338. The Morgan fingerprint density at radius 1 is 1.57 bits per heavy atom. The van der Waals surface area contributed by atoms with Crippen molar-refractivity contribution in [3.63, 3.8) is 0 Å². The second-order valence-corrected chi connectivity index (χ2v) is 4.12. The smallest absolute Gasteiger partial charge is 0.0990 e. The second kappa shape index (κ2) is 3.89. The minimum Gasteiger partial charge on any atom is -0.372 e.